The van der Waals surface area contributed by atoms with Crippen molar-refractivity contribution in [1.29, 1.82) is 0 Å². The number of piperazine rings is 1. The maximum Gasteiger partial charge on any atom is 0.194 e. The Labute approximate surface area is 178 Å². The number of rotatable bonds is 4. The highest BCUT2D eigenvalue weighted by atomic mass is 15.4. The molecule has 0 unspecified atom stereocenters. The molecular weight excluding hydrogens is 374 g/mol. The lowest BCUT2D eigenvalue weighted by atomic mass is 10.1. The number of anilines is 1. The van der Waals surface area contributed by atoms with Crippen molar-refractivity contribution in [2.75, 3.05) is 38.1 Å². The van der Waals surface area contributed by atoms with Crippen molar-refractivity contribution in [3.63, 3.8) is 0 Å². The second kappa shape index (κ2) is 8.98. The molecule has 30 heavy (non-hydrogen) atoms. The molecule has 1 aromatic heterocycles. The zero-order valence-electron chi connectivity index (χ0n) is 17.9. The Kier molecular flexibility index (Phi) is 5.97. The van der Waals surface area contributed by atoms with Crippen LogP contribution in [0.4, 0.5) is 5.69 Å². The van der Waals surface area contributed by atoms with Crippen molar-refractivity contribution in [1.82, 2.24) is 25.0 Å². The molecular formula is C23H29N7. The van der Waals surface area contributed by atoms with Gasteiger partial charge in [0.25, 0.3) is 0 Å². The summed E-state index contributed by atoms with van der Waals surface area (Å²) in [4.78, 5) is 9.28. The van der Waals surface area contributed by atoms with Crippen LogP contribution in [0.2, 0.25) is 0 Å². The van der Waals surface area contributed by atoms with Crippen LogP contribution in [0.1, 0.15) is 17.0 Å². The SMILES string of the molecule is CN=C(NCc1nncn1-c1ccccc1)N1CCN(c2cccc(C)c2C)CC1. The maximum absolute atomic E-state index is 4.50. The minimum atomic E-state index is 0.568. The van der Waals surface area contributed by atoms with Crippen molar-refractivity contribution < 1.29 is 0 Å². The standard InChI is InChI=1S/C23H29N7/c1-18-8-7-11-21(19(18)2)28-12-14-29(15-13-28)23(24-3)25-16-22-27-26-17-30(22)20-9-5-4-6-10-20/h4-11,17H,12-16H2,1-3H3,(H,24,25). The third-order valence-electron chi connectivity index (χ3n) is 5.77. The Morgan fingerprint density at radius 2 is 1.77 bits per heavy atom. The maximum atomic E-state index is 4.50. The molecule has 0 spiro atoms. The smallest absolute Gasteiger partial charge is 0.194 e. The van der Waals surface area contributed by atoms with Crippen LogP contribution < -0.4 is 10.2 Å². The first-order valence-corrected chi connectivity index (χ1v) is 10.4. The van der Waals surface area contributed by atoms with Crippen molar-refractivity contribution in [3.05, 3.63) is 71.8 Å². The topological polar surface area (TPSA) is 61.6 Å². The van der Waals surface area contributed by atoms with Gasteiger partial charge in [-0.05, 0) is 43.2 Å². The third-order valence-corrected chi connectivity index (χ3v) is 5.77. The molecule has 1 N–H and O–H groups in total. The zero-order chi connectivity index (χ0) is 20.9. The molecule has 0 amide bonds. The number of aromatic nitrogens is 3. The first-order chi connectivity index (χ1) is 14.7. The van der Waals surface area contributed by atoms with E-state index in [9.17, 15) is 0 Å². The van der Waals surface area contributed by atoms with E-state index in [0.29, 0.717) is 6.54 Å². The average Bonchev–Trinajstić information content (AvgIpc) is 3.26. The number of guanidine groups is 1. The van der Waals surface area contributed by atoms with Gasteiger partial charge in [-0.2, -0.15) is 0 Å². The monoisotopic (exact) mass is 403 g/mol. The van der Waals surface area contributed by atoms with E-state index >= 15 is 0 Å². The van der Waals surface area contributed by atoms with Gasteiger partial charge in [-0.25, -0.2) is 0 Å². The summed E-state index contributed by atoms with van der Waals surface area (Å²) in [5.41, 5.74) is 5.11. The molecule has 1 aliphatic heterocycles. The van der Waals surface area contributed by atoms with Gasteiger partial charge in [-0.3, -0.25) is 9.56 Å². The summed E-state index contributed by atoms with van der Waals surface area (Å²) < 4.78 is 2.00. The molecule has 0 saturated carbocycles. The Bertz CT molecular complexity index is 1000. The van der Waals surface area contributed by atoms with E-state index in [2.05, 4.69) is 62.4 Å². The summed E-state index contributed by atoms with van der Waals surface area (Å²) in [6.45, 7) is 8.77. The van der Waals surface area contributed by atoms with Gasteiger partial charge in [0.2, 0.25) is 0 Å². The predicted molar refractivity (Wildman–Crippen MR) is 121 cm³/mol. The normalized spacial score (nSPS) is 14.8. The lowest BCUT2D eigenvalue weighted by molar-refractivity contribution is 0.371. The van der Waals surface area contributed by atoms with Gasteiger partial charge in [0.05, 0.1) is 6.54 Å². The van der Waals surface area contributed by atoms with E-state index in [-0.39, 0.29) is 0 Å². The van der Waals surface area contributed by atoms with Crippen LogP contribution in [0.25, 0.3) is 5.69 Å². The number of nitrogens with one attached hydrogen (secondary N) is 1. The molecule has 1 fully saturated rings. The molecule has 0 aliphatic carbocycles. The van der Waals surface area contributed by atoms with Crippen LogP contribution in [-0.2, 0) is 6.54 Å². The second-order valence-corrected chi connectivity index (χ2v) is 7.55. The van der Waals surface area contributed by atoms with Gasteiger partial charge in [0.1, 0.15) is 6.33 Å². The van der Waals surface area contributed by atoms with Gasteiger partial charge < -0.3 is 15.1 Å². The molecule has 4 rings (SSSR count). The van der Waals surface area contributed by atoms with E-state index in [1.807, 2.05) is 41.9 Å². The van der Waals surface area contributed by atoms with Crippen LogP contribution >= 0.6 is 0 Å². The van der Waals surface area contributed by atoms with E-state index in [0.717, 1.165) is 43.7 Å². The summed E-state index contributed by atoms with van der Waals surface area (Å²) in [7, 11) is 1.83. The lowest BCUT2D eigenvalue weighted by Crippen LogP contribution is -2.52. The van der Waals surface area contributed by atoms with E-state index in [4.69, 9.17) is 0 Å². The van der Waals surface area contributed by atoms with Crippen molar-refractivity contribution in [2.45, 2.75) is 20.4 Å². The molecule has 2 heterocycles. The minimum absolute atomic E-state index is 0.568. The number of nitrogens with zero attached hydrogens (tertiary/aromatic N) is 6. The molecule has 3 aromatic rings. The number of aryl methyl sites for hydroxylation is 1. The van der Waals surface area contributed by atoms with Crippen LogP contribution in [0.5, 0.6) is 0 Å². The number of aliphatic imine (C=N–C) groups is 1. The zero-order valence-corrected chi connectivity index (χ0v) is 17.9. The fourth-order valence-electron chi connectivity index (χ4n) is 3.91. The number of benzene rings is 2. The van der Waals surface area contributed by atoms with Gasteiger partial charge in [-0.15, -0.1) is 10.2 Å². The predicted octanol–water partition coefficient (Wildman–Crippen LogP) is 2.78. The Morgan fingerprint density at radius 3 is 2.50 bits per heavy atom. The molecule has 1 aliphatic rings. The largest absolute Gasteiger partial charge is 0.368 e. The van der Waals surface area contributed by atoms with E-state index < -0.39 is 0 Å². The van der Waals surface area contributed by atoms with Crippen LogP contribution in [0.15, 0.2) is 59.9 Å². The van der Waals surface area contributed by atoms with Gasteiger partial charge in [-0.1, -0.05) is 30.3 Å². The average molecular weight is 404 g/mol. The van der Waals surface area contributed by atoms with Crippen molar-refractivity contribution in [3.8, 4) is 5.69 Å². The highest BCUT2D eigenvalue weighted by Crippen LogP contribution is 2.23. The van der Waals surface area contributed by atoms with Crippen LogP contribution in [0.3, 0.4) is 0 Å². The van der Waals surface area contributed by atoms with Gasteiger partial charge >= 0.3 is 0 Å². The van der Waals surface area contributed by atoms with Crippen molar-refractivity contribution >= 4 is 11.6 Å². The first kappa shape index (κ1) is 19.9. The summed E-state index contributed by atoms with van der Waals surface area (Å²) >= 11 is 0. The number of hydrogen-bond acceptors (Lipinski definition) is 4. The summed E-state index contributed by atoms with van der Waals surface area (Å²) in [6, 6.07) is 16.7. The molecule has 2 aromatic carbocycles. The highest BCUT2D eigenvalue weighted by Gasteiger charge is 2.21. The molecule has 0 radical (unpaired) electrons. The van der Waals surface area contributed by atoms with E-state index in [1.54, 1.807) is 6.33 Å². The molecule has 0 atom stereocenters. The first-order valence-electron chi connectivity index (χ1n) is 10.4. The lowest BCUT2D eigenvalue weighted by Gasteiger charge is -2.38. The third kappa shape index (κ3) is 4.15. The fraction of sp³-hybridized carbons (Fsp3) is 0.348. The quantitative estimate of drug-likeness (QED) is 0.536. The molecule has 0 bridgehead atoms. The number of hydrogen-bond donors (Lipinski definition) is 1. The summed E-state index contributed by atoms with van der Waals surface area (Å²) in [5, 5.41) is 11.8. The number of para-hydroxylation sites is 1. The summed E-state index contributed by atoms with van der Waals surface area (Å²) in [5.74, 6) is 1.76. The molecule has 156 valence electrons. The van der Waals surface area contributed by atoms with E-state index in [1.165, 1.54) is 16.8 Å². The summed E-state index contributed by atoms with van der Waals surface area (Å²) in [6.07, 6.45) is 1.75. The van der Waals surface area contributed by atoms with Crippen molar-refractivity contribution in [2.24, 2.45) is 4.99 Å². The van der Waals surface area contributed by atoms with Gasteiger partial charge in [0, 0.05) is 44.6 Å². The Balaban J connectivity index is 1.38. The van der Waals surface area contributed by atoms with Crippen LogP contribution in [-0.4, -0.2) is 58.9 Å². The minimum Gasteiger partial charge on any atom is -0.368 e. The molecule has 7 heteroatoms. The highest BCUT2D eigenvalue weighted by molar-refractivity contribution is 5.80. The molecule has 1 saturated heterocycles. The molecule has 7 nitrogen and oxygen atoms in total. The second-order valence-electron chi connectivity index (χ2n) is 7.55. The van der Waals surface area contributed by atoms with Gasteiger partial charge in [0.15, 0.2) is 11.8 Å². The Hall–Kier alpha value is -3.35. The fourth-order valence-corrected chi connectivity index (χ4v) is 3.91. The van der Waals surface area contributed by atoms with Crippen LogP contribution in [0, 0.1) is 13.8 Å². The Morgan fingerprint density at radius 1 is 1.00 bits per heavy atom.